The zero-order chi connectivity index (χ0) is 12.1. The highest BCUT2D eigenvalue weighted by Gasteiger charge is 2.15. The molecule has 0 saturated carbocycles. The van der Waals surface area contributed by atoms with Crippen LogP contribution in [0.1, 0.15) is 10.4 Å². The van der Waals surface area contributed by atoms with Gasteiger partial charge in [0.2, 0.25) is 0 Å². The van der Waals surface area contributed by atoms with Gasteiger partial charge in [0.25, 0.3) is 0 Å². The average molecular weight is 347 g/mol. The van der Waals surface area contributed by atoms with Crippen molar-refractivity contribution in [1.82, 2.24) is 0 Å². The number of carbonyl (C=O) groups excluding carboxylic acids is 1. The number of carbonyl (C=O) groups is 1. The molecule has 0 aliphatic rings. The number of ether oxygens (including phenoxy) is 1. The summed E-state index contributed by atoms with van der Waals surface area (Å²) >= 11 is 6.66. The summed E-state index contributed by atoms with van der Waals surface area (Å²) < 4.78 is 6.23. The van der Waals surface area contributed by atoms with Gasteiger partial charge in [0.1, 0.15) is 0 Å². The molecule has 84 valence electrons. The Hall–Kier alpha value is -0.990. The molecule has 1 rings (SSSR count). The maximum absolute atomic E-state index is 11.5. The lowest BCUT2D eigenvalue weighted by atomic mass is 10.2. The molecule has 0 saturated heterocycles. The molecule has 1 aromatic rings. The number of anilines is 1. The number of benzene rings is 1. The van der Waals surface area contributed by atoms with Gasteiger partial charge in [-0.15, -0.1) is 6.42 Å². The van der Waals surface area contributed by atoms with Crippen molar-refractivity contribution in [2.75, 3.05) is 19.0 Å². The van der Waals surface area contributed by atoms with E-state index in [1.807, 2.05) is 6.07 Å². The SMILES string of the molecule is C#CCNc1c(Br)cc(Br)cc1C(=O)OC. The molecule has 0 spiro atoms. The molecule has 0 aliphatic heterocycles. The Morgan fingerprint density at radius 1 is 1.56 bits per heavy atom. The third-order valence-electron chi connectivity index (χ3n) is 1.83. The lowest BCUT2D eigenvalue weighted by molar-refractivity contribution is 0.0601. The molecule has 1 aromatic carbocycles. The maximum Gasteiger partial charge on any atom is 0.340 e. The van der Waals surface area contributed by atoms with Crippen molar-refractivity contribution in [2.24, 2.45) is 0 Å². The second-order valence-corrected chi connectivity index (χ2v) is 4.63. The third kappa shape index (κ3) is 3.00. The van der Waals surface area contributed by atoms with Crippen molar-refractivity contribution in [3.8, 4) is 12.3 Å². The molecule has 0 unspecified atom stereocenters. The fraction of sp³-hybridized carbons (Fsp3) is 0.182. The Bertz CT molecular complexity index is 452. The van der Waals surface area contributed by atoms with E-state index in [4.69, 9.17) is 11.2 Å². The van der Waals surface area contributed by atoms with E-state index in [2.05, 4.69) is 43.1 Å². The van der Waals surface area contributed by atoms with Gasteiger partial charge in [-0.25, -0.2) is 4.79 Å². The Kier molecular flexibility index (Phi) is 4.84. The van der Waals surface area contributed by atoms with Gasteiger partial charge in [0.15, 0.2) is 0 Å². The first-order valence-corrected chi connectivity index (χ1v) is 5.93. The summed E-state index contributed by atoms with van der Waals surface area (Å²) in [6.07, 6.45) is 5.16. The molecule has 0 heterocycles. The fourth-order valence-electron chi connectivity index (χ4n) is 1.16. The van der Waals surface area contributed by atoms with Crippen molar-refractivity contribution < 1.29 is 9.53 Å². The van der Waals surface area contributed by atoms with Gasteiger partial charge in [-0.3, -0.25) is 0 Å². The van der Waals surface area contributed by atoms with Gasteiger partial charge in [0, 0.05) is 8.95 Å². The molecular formula is C11H9Br2NO2. The van der Waals surface area contributed by atoms with Gasteiger partial charge in [-0.2, -0.15) is 0 Å². The van der Waals surface area contributed by atoms with Crippen molar-refractivity contribution in [2.45, 2.75) is 0 Å². The van der Waals surface area contributed by atoms with Crippen LogP contribution in [0, 0.1) is 12.3 Å². The quantitative estimate of drug-likeness (QED) is 0.675. The number of terminal acetylenes is 1. The van der Waals surface area contributed by atoms with Crippen LogP contribution in [-0.2, 0) is 4.74 Å². The van der Waals surface area contributed by atoms with Crippen LogP contribution in [0.25, 0.3) is 0 Å². The van der Waals surface area contributed by atoms with Gasteiger partial charge in [0.05, 0.1) is 24.9 Å². The summed E-state index contributed by atoms with van der Waals surface area (Å²) in [6, 6.07) is 3.50. The molecule has 0 radical (unpaired) electrons. The first kappa shape index (κ1) is 13.1. The van der Waals surface area contributed by atoms with Crippen LogP contribution in [0.3, 0.4) is 0 Å². The van der Waals surface area contributed by atoms with Gasteiger partial charge in [-0.1, -0.05) is 21.9 Å². The highest BCUT2D eigenvalue weighted by molar-refractivity contribution is 9.11. The Morgan fingerprint density at radius 2 is 2.25 bits per heavy atom. The van der Waals surface area contributed by atoms with Crippen molar-refractivity contribution in [3.05, 3.63) is 26.6 Å². The number of rotatable bonds is 3. The molecular weight excluding hydrogens is 338 g/mol. The van der Waals surface area contributed by atoms with E-state index < -0.39 is 5.97 Å². The molecule has 0 atom stereocenters. The minimum atomic E-state index is -0.415. The van der Waals surface area contributed by atoms with E-state index >= 15 is 0 Å². The second kappa shape index (κ2) is 5.92. The van der Waals surface area contributed by atoms with E-state index in [0.29, 0.717) is 17.8 Å². The molecule has 3 nitrogen and oxygen atoms in total. The zero-order valence-electron chi connectivity index (χ0n) is 8.51. The Labute approximate surface area is 111 Å². The summed E-state index contributed by atoms with van der Waals surface area (Å²) in [5.74, 6) is 2.03. The predicted molar refractivity (Wildman–Crippen MR) is 70.5 cm³/mol. The number of hydrogen-bond acceptors (Lipinski definition) is 3. The highest BCUT2D eigenvalue weighted by atomic mass is 79.9. The topological polar surface area (TPSA) is 38.3 Å². The monoisotopic (exact) mass is 345 g/mol. The van der Waals surface area contributed by atoms with Crippen LogP contribution in [-0.4, -0.2) is 19.6 Å². The molecule has 16 heavy (non-hydrogen) atoms. The molecule has 0 fully saturated rings. The Balaban J connectivity index is 3.22. The standard InChI is InChI=1S/C11H9Br2NO2/c1-3-4-14-10-8(11(15)16-2)5-7(12)6-9(10)13/h1,5-6,14H,4H2,2H3. The summed E-state index contributed by atoms with van der Waals surface area (Å²) in [5, 5.41) is 2.97. The molecule has 0 aromatic heterocycles. The van der Waals surface area contributed by atoms with E-state index in [-0.39, 0.29) is 0 Å². The van der Waals surface area contributed by atoms with Crippen LogP contribution in [0.2, 0.25) is 0 Å². The number of halogens is 2. The molecule has 0 amide bonds. The van der Waals surface area contributed by atoms with Crippen molar-refractivity contribution >= 4 is 43.5 Å². The van der Waals surface area contributed by atoms with E-state index in [1.165, 1.54) is 7.11 Å². The normalized spacial score (nSPS) is 9.38. The minimum Gasteiger partial charge on any atom is -0.465 e. The molecule has 5 heteroatoms. The van der Waals surface area contributed by atoms with E-state index in [0.717, 1.165) is 8.95 Å². The average Bonchev–Trinajstić information content (AvgIpc) is 2.26. The van der Waals surface area contributed by atoms with Crippen LogP contribution in [0.5, 0.6) is 0 Å². The highest BCUT2D eigenvalue weighted by Crippen LogP contribution is 2.31. The lowest BCUT2D eigenvalue weighted by Crippen LogP contribution is -2.09. The zero-order valence-corrected chi connectivity index (χ0v) is 11.7. The summed E-state index contributed by atoms with van der Waals surface area (Å²) in [5.41, 5.74) is 1.06. The van der Waals surface area contributed by atoms with E-state index in [1.54, 1.807) is 6.07 Å². The number of hydrogen-bond donors (Lipinski definition) is 1. The minimum absolute atomic E-state index is 0.338. The number of methoxy groups -OCH3 is 1. The van der Waals surface area contributed by atoms with Crippen LogP contribution < -0.4 is 5.32 Å². The third-order valence-corrected chi connectivity index (χ3v) is 2.91. The summed E-state index contributed by atoms with van der Waals surface area (Å²) in [4.78, 5) is 11.5. The summed E-state index contributed by atoms with van der Waals surface area (Å²) in [6.45, 7) is 0.338. The lowest BCUT2D eigenvalue weighted by Gasteiger charge is -2.11. The fourth-order valence-corrected chi connectivity index (χ4v) is 2.53. The number of nitrogens with one attached hydrogen (secondary N) is 1. The maximum atomic E-state index is 11.5. The van der Waals surface area contributed by atoms with Gasteiger partial charge >= 0.3 is 5.97 Å². The molecule has 1 N–H and O–H groups in total. The van der Waals surface area contributed by atoms with Crippen molar-refractivity contribution in [3.63, 3.8) is 0 Å². The van der Waals surface area contributed by atoms with Crippen LogP contribution in [0.15, 0.2) is 21.1 Å². The smallest absolute Gasteiger partial charge is 0.340 e. The van der Waals surface area contributed by atoms with Crippen molar-refractivity contribution in [1.29, 1.82) is 0 Å². The second-order valence-electron chi connectivity index (χ2n) is 2.86. The van der Waals surface area contributed by atoms with Gasteiger partial charge in [-0.05, 0) is 28.1 Å². The number of esters is 1. The Morgan fingerprint density at radius 3 is 2.81 bits per heavy atom. The van der Waals surface area contributed by atoms with E-state index in [9.17, 15) is 4.79 Å². The van der Waals surface area contributed by atoms with Crippen LogP contribution in [0.4, 0.5) is 5.69 Å². The predicted octanol–water partition coefficient (Wildman–Crippen LogP) is 3.04. The van der Waals surface area contributed by atoms with Crippen LogP contribution >= 0.6 is 31.9 Å². The molecule has 0 aliphatic carbocycles. The summed E-state index contributed by atoms with van der Waals surface area (Å²) in [7, 11) is 1.34. The van der Waals surface area contributed by atoms with Gasteiger partial charge < -0.3 is 10.1 Å². The first-order chi connectivity index (χ1) is 7.60. The molecule has 0 bridgehead atoms. The largest absolute Gasteiger partial charge is 0.465 e. The first-order valence-electron chi connectivity index (χ1n) is 4.34.